The molecule has 5 nitrogen and oxygen atoms in total. The molecule has 1 aromatic carbocycles. The van der Waals surface area contributed by atoms with Crippen molar-refractivity contribution in [2.24, 2.45) is 0 Å². The van der Waals surface area contributed by atoms with Gasteiger partial charge in [0.25, 0.3) is 0 Å². The van der Waals surface area contributed by atoms with Crippen LogP contribution in [0, 0.1) is 6.92 Å². The molecule has 1 heterocycles. The standard InChI is InChI=1S/C14H16N2O3/c1-3-18-14(17)12-10(2)15-16-13(12)19-9-11-7-5-4-6-8-11/h4-8H,3,9H2,1-2H3,(H,15,16). The maximum absolute atomic E-state index is 11.8. The van der Waals surface area contributed by atoms with Gasteiger partial charge in [-0.15, -0.1) is 5.10 Å². The Labute approximate surface area is 111 Å². The lowest BCUT2D eigenvalue weighted by Crippen LogP contribution is -2.08. The van der Waals surface area contributed by atoms with E-state index < -0.39 is 5.97 Å². The summed E-state index contributed by atoms with van der Waals surface area (Å²) in [6.07, 6.45) is 0. The molecule has 0 aliphatic carbocycles. The van der Waals surface area contributed by atoms with E-state index in [0.29, 0.717) is 24.5 Å². The van der Waals surface area contributed by atoms with Gasteiger partial charge >= 0.3 is 5.97 Å². The van der Waals surface area contributed by atoms with Crippen molar-refractivity contribution in [1.82, 2.24) is 10.2 Å². The van der Waals surface area contributed by atoms with Gasteiger partial charge < -0.3 is 9.47 Å². The van der Waals surface area contributed by atoms with Crippen LogP contribution in [0.1, 0.15) is 28.5 Å². The SMILES string of the molecule is CCOC(=O)c1c(OCc2ccccc2)n[nH]c1C. The number of carbonyl (C=O) groups excluding carboxylic acids is 1. The Bertz CT molecular complexity index is 549. The van der Waals surface area contributed by atoms with Crippen LogP contribution in [0.4, 0.5) is 0 Å². The van der Waals surface area contributed by atoms with Crippen molar-refractivity contribution in [3.63, 3.8) is 0 Å². The highest BCUT2D eigenvalue weighted by Crippen LogP contribution is 2.20. The fourth-order valence-corrected chi connectivity index (χ4v) is 1.68. The molecule has 2 rings (SSSR count). The number of hydrogen-bond acceptors (Lipinski definition) is 4. The molecule has 5 heteroatoms. The summed E-state index contributed by atoms with van der Waals surface area (Å²) in [6, 6.07) is 9.70. The van der Waals surface area contributed by atoms with E-state index in [9.17, 15) is 4.79 Å². The summed E-state index contributed by atoms with van der Waals surface area (Å²) in [5.74, 6) is -0.142. The van der Waals surface area contributed by atoms with E-state index >= 15 is 0 Å². The first-order chi connectivity index (χ1) is 9.22. The van der Waals surface area contributed by atoms with E-state index in [2.05, 4.69) is 10.2 Å². The average molecular weight is 260 g/mol. The van der Waals surface area contributed by atoms with Crippen molar-refractivity contribution in [3.05, 3.63) is 47.2 Å². The van der Waals surface area contributed by atoms with E-state index in [1.165, 1.54) is 0 Å². The Hall–Kier alpha value is -2.30. The average Bonchev–Trinajstić information content (AvgIpc) is 2.79. The molecule has 0 radical (unpaired) electrons. The Morgan fingerprint density at radius 1 is 1.32 bits per heavy atom. The minimum absolute atomic E-state index is 0.278. The number of ether oxygens (including phenoxy) is 2. The molecule has 2 aromatic rings. The largest absolute Gasteiger partial charge is 0.471 e. The molecule has 100 valence electrons. The number of aromatic amines is 1. The zero-order valence-electron chi connectivity index (χ0n) is 11.0. The van der Waals surface area contributed by atoms with E-state index in [-0.39, 0.29) is 5.88 Å². The molecule has 0 spiro atoms. The molecule has 0 unspecified atom stereocenters. The summed E-state index contributed by atoms with van der Waals surface area (Å²) < 4.78 is 10.5. The van der Waals surface area contributed by atoms with Gasteiger partial charge in [0.15, 0.2) is 0 Å². The monoisotopic (exact) mass is 260 g/mol. The maximum Gasteiger partial charge on any atom is 0.345 e. The number of hydrogen-bond donors (Lipinski definition) is 1. The van der Waals surface area contributed by atoms with Gasteiger partial charge in [0.2, 0.25) is 5.88 Å². The summed E-state index contributed by atoms with van der Waals surface area (Å²) in [4.78, 5) is 11.8. The normalized spacial score (nSPS) is 10.2. The Kier molecular flexibility index (Phi) is 4.18. The number of rotatable bonds is 5. The maximum atomic E-state index is 11.8. The number of aromatic nitrogens is 2. The summed E-state index contributed by atoms with van der Waals surface area (Å²) in [5, 5.41) is 6.72. The molecule has 1 aromatic heterocycles. The lowest BCUT2D eigenvalue weighted by atomic mass is 10.2. The third-order valence-corrected chi connectivity index (χ3v) is 2.61. The quantitative estimate of drug-likeness (QED) is 0.839. The van der Waals surface area contributed by atoms with Gasteiger partial charge in [-0.1, -0.05) is 30.3 Å². The fraction of sp³-hybridized carbons (Fsp3) is 0.286. The summed E-state index contributed by atoms with van der Waals surface area (Å²) in [7, 11) is 0. The predicted octanol–water partition coefficient (Wildman–Crippen LogP) is 2.47. The van der Waals surface area contributed by atoms with Crippen molar-refractivity contribution >= 4 is 5.97 Å². The molecular formula is C14H16N2O3. The van der Waals surface area contributed by atoms with Crippen LogP contribution in [0.25, 0.3) is 0 Å². The number of carbonyl (C=O) groups is 1. The van der Waals surface area contributed by atoms with Gasteiger partial charge in [0.1, 0.15) is 12.2 Å². The van der Waals surface area contributed by atoms with Crippen LogP contribution in [0.15, 0.2) is 30.3 Å². The molecule has 19 heavy (non-hydrogen) atoms. The lowest BCUT2D eigenvalue weighted by Gasteiger charge is -2.06. The summed E-state index contributed by atoms with van der Waals surface area (Å²) in [6.45, 7) is 4.20. The van der Waals surface area contributed by atoms with Gasteiger partial charge in [-0.2, -0.15) is 0 Å². The minimum Gasteiger partial charge on any atom is -0.471 e. The molecule has 0 saturated heterocycles. The molecule has 0 bridgehead atoms. The number of esters is 1. The number of H-pyrrole nitrogens is 1. The second-order valence-corrected chi connectivity index (χ2v) is 4.02. The second kappa shape index (κ2) is 6.04. The highest BCUT2D eigenvalue weighted by atomic mass is 16.5. The Morgan fingerprint density at radius 2 is 2.05 bits per heavy atom. The van der Waals surface area contributed by atoms with Gasteiger partial charge in [-0.3, -0.25) is 5.10 Å². The van der Waals surface area contributed by atoms with E-state index in [0.717, 1.165) is 5.56 Å². The third-order valence-electron chi connectivity index (χ3n) is 2.61. The van der Waals surface area contributed by atoms with Crippen molar-refractivity contribution in [3.8, 4) is 5.88 Å². The van der Waals surface area contributed by atoms with Gasteiger partial charge in [-0.25, -0.2) is 4.79 Å². The zero-order valence-corrected chi connectivity index (χ0v) is 11.0. The van der Waals surface area contributed by atoms with E-state index in [1.54, 1.807) is 13.8 Å². The molecule has 0 amide bonds. The summed E-state index contributed by atoms with van der Waals surface area (Å²) >= 11 is 0. The van der Waals surface area contributed by atoms with Gasteiger partial charge in [-0.05, 0) is 19.4 Å². The van der Waals surface area contributed by atoms with Crippen LogP contribution in [0.5, 0.6) is 5.88 Å². The number of aryl methyl sites for hydroxylation is 1. The van der Waals surface area contributed by atoms with Crippen molar-refractivity contribution in [2.75, 3.05) is 6.61 Å². The van der Waals surface area contributed by atoms with Gasteiger partial charge in [0, 0.05) is 0 Å². The van der Waals surface area contributed by atoms with Crippen molar-refractivity contribution < 1.29 is 14.3 Å². The number of benzene rings is 1. The summed E-state index contributed by atoms with van der Waals surface area (Å²) in [5.41, 5.74) is 2.01. The van der Waals surface area contributed by atoms with Crippen LogP contribution in [-0.2, 0) is 11.3 Å². The van der Waals surface area contributed by atoms with Crippen LogP contribution < -0.4 is 4.74 Å². The van der Waals surface area contributed by atoms with Crippen LogP contribution >= 0.6 is 0 Å². The van der Waals surface area contributed by atoms with Gasteiger partial charge in [0.05, 0.1) is 12.3 Å². The molecule has 0 aliphatic rings. The fourth-order valence-electron chi connectivity index (χ4n) is 1.68. The first-order valence-corrected chi connectivity index (χ1v) is 6.11. The topological polar surface area (TPSA) is 64.2 Å². The van der Waals surface area contributed by atoms with Crippen LogP contribution in [0.3, 0.4) is 0 Å². The molecular weight excluding hydrogens is 244 g/mol. The molecule has 0 fully saturated rings. The number of nitrogens with one attached hydrogen (secondary N) is 1. The molecule has 0 aliphatic heterocycles. The van der Waals surface area contributed by atoms with Crippen molar-refractivity contribution in [2.45, 2.75) is 20.5 Å². The lowest BCUT2D eigenvalue weighted by molar-refractivity contribution is 0.0520. The highest BCUT2D eigenvalue weighted by Gasteiger charge is 2.20. The minimum atomic E-state index is -0.420. The first kappa shape index (κ1) is 13.1. The smallest absolute Gasteiger partial charge is 0.345 e. The molecule has 0 saturated carbocycles. The second-order valence-electron chi connectivity index (χ2n) is 4.02. The predicted molar refractivity (Wildman–Crippen MR) is 70.1 cm³/mol. The Morgan fingerprint density at radius 3 is 2.74 bits per heavy atom. The number of nitrogens with zero attached hydrogens (tertiary/aromatic N) is 1. The molecule has 1 N–H and O–H groups in total. The third kappa shape index (κ3) is 3.13. The van der Waals surface area contributed by atoms with Crippen molar-refractivity contribution in [1.29, 1.82) is 0 Å². The zero-order chi connectivity index (χ0) is 13.7. The van der Waals surface area contributed by atoms with Crippen LogP contribution in [0.2, 0.25) is 0 Å². The first-order valence-electron chi connectivity index (χ1n) is 6.11. The van der Waals surface area contributed by atoms with E-state index in [1.807, 2.05) is 30.3 Å². The highest BCUT2D eigenvalue weighted by molar-refractivity contribution is 5.93. The van der Waals surface area contributed by atoms with Crippen LogP contribution in [-0.4, -0.2) is 22.8 Å². The molecule has 0 atom stereocenters. The van der Waals surface area contributed by atoms with E-state index in [4.69, 9.17) is 9.47 Å². The Balaban J connectivity index is 2.11.